The van der Waals surface area contributed by atoms with Gasteiger partial charge in [0.15, 0.2) is 12.0 Å². The molecule has 336 valence electrons. The first kappa shape index (κ1) is 53.4. The number of primary amides is 1. The molecule has 24 heteroatoms. The van der Waals surface area contributed by atoms with Crippen molar-refractivity contribution in [1.82, 2.24) is 31.9 Å². The lowest BCUT2D eigenvalue weighted by molar-refractivity contribution is -0.145. The van der Waals surface area contributed by atoms with Crippen LogP contribution >= 0.6 is 0 Å². The summed E-state index contributed by atoms with van der Waals surface area (Å²) in [5.41, 5.74) is 21.8. The Bertz CT molecular complexity index is 1500. The topological polar surface area (TPSA) is 423 Å². The van der Waals surface area contributed by atoms with E-state index in [4.69, 9.17) is 22.9 Å². The summed E-state index contributed by atoms with van der Waals surface area (Å²) in [6.07, 6.45) is -4.63. The molecule has 0 rings (SSSR count). The number of rotatable bonds is 28. The van der Waals surface area contributed by atoms with Crippen molar-refractivity contribution in [3.8, 4) is 0 Å². The van der Waals surface area contributed by atoms with Gasteiger partial charge in [0.2, 0.25) is 41.4 Å². The van der Waals surface area contributed by atoms with Gasteiger partial charge in [-0.15, -0.1) is 0 Å². The quantitative estimate of drug-likeness (QED) is 0.0199. The van der Waals surface area contributed by atoms with E-state index in [1.807, 2.05) is 0 Å². The molecular weight excluding hydrogens is 782 g/mol. The molecular formula is C35H63N11O13. The second-order valence-electron chi connectivity index (χ2n) is 15.0. The highest BCUT2D eigenvalue weighted by Gasteiger charge is 2.36. The molecule has 0 radical (unpaired) electrons. The number of aliphatic hydroxyl groups is 2. The summed E-state index contributed by atoms with van der Waals surface area (Å²) < 4.78 is 0. The maximum atomic E-state index is 13.6. The van der Waals surface area contributed by atoms with Gasteiger partial charge in [0.05, 0.1) is 24.7 Å². The number of hydrogen-bond donors (Lipinski definition) is 14. The maximum Gasteiger partial charge on any atom is 0.328 e. The molecule has 0 unspecified atom stereocenters. The summed E-state index contributed by atoms with van der Waals surface area (Å²) >= 11 is 0. The van der Waals surface area contributed by atoms with Crippen LogP contribution < -0.4 is 54.8 Å². The highest BCUT2D eigenvalue weighted by molar-refractivity contribution is 5.98. The Morgan fingerprint density at radius 3 is 1.41 bits per heavy atom. The lowest BCUT2D eigenvalue weighted by Gasteiger charge is -2.29. The van der Waals surface area contributed by atoms with Gasteiger partial charge in [-0.3, -0.25) is 43.3 Å². The normalized spacial score (nSPS) is 15.7. The lowest BCUT2D eigenvalue weighted by atomic mass is 10.0. The number of carbonyl (C=O) groups excluding carboxylic acids is 7. The van der Waals surface area contributed by atoms with Gasteiger partial charge < -0.3 is 75.3 Å². The van der Waals surface area contributed by atoms with Crippen molar-refractivity contribution in [2.75, 3.05) is 6.54 Å². The molecule has 7 amide bonds. The number of carboxylic acids is 2. The molecule has 59 heavy (non-hydrogen) atoms. The van der Waals surface area contributed by atoms with Crippen molar-refractivity contribution in [2.24, 2.45) is 39.8 Å². The third-order valence-corrected chi connectivity index (χ3v) is 8.42. The predicted molar refractivity (Wildman–Crippen MR) is 210 cm³/mol. The van der Waals surface area contributed by atoms with E-state index in [0.29, 0.717) is 6.42 Å². The molecule has 9 atom stereocenters. The van der Waals surface area contributed by atoms with Gasteiger partial charge in [-0.05, 0) is 57.8 Å². The van der Waals surface area contributed by atoms with E-state index in [2.05, 4.69) is 36.9 Å². The second-order valence-corrected chi connectivity index (χ2v) is 15.0. The fourth-order valence-corrected chi connectivity index (χ4v) is 5.38. The molecule has 24 nitrogen and oxygen atoms in total. The third kappa shape index (κ3) is 21.6. The molecule has 0 heterocycles. The number of hydrogen-bond acceptors (Lipinski definition) is 13. The van der Waals surface area contributed by atoms with Crippen LogP contribution in [0.5, 0.6) is 0 Å². The Balaban J connectivity index is 6.26. The predicted octanol–water partition coefficient (Wildman–Crippen LogP) is -5.05. The number of guanidine groups is 1. The molecule has 0 aromatic rings. The van der Waals surface area contributed by atoms with Crippen LogP contribution in [0, 0.1) is 11.8 Å². The molecule has 0 aromatic carbocycles. The van der Waals surface area contributed by atoms with Gasteiger partial charge in [0.1, 0.15) is 30.2 Å². The van der Waals surface area contributed by atoms with E-state index in [1.165, 1.54) is 0 Å². The highest BCUT2D eigenvalue weighted by Crippen LogP contribution is 2.11. The largest absolute Gasteiger partial charge is 0.481 e. The number of carboxylic acid groups (broad SMARTS) is 2. The van der Waals surface area contributed by atoms with Crippen molar-refractivity contribution < 1.29 is 63.6 Å². The van der Waals surface area contributed by atoms with Crippen LogP contribution in [0.15, 0.2) is 4.99 Å². The zero-order chi connectivity index (χ0) is 45.7. The van der Waals surface area contributed by atoms with Crippen LogP contribution in [0.25, 0.3) is 0 Å². The first-order chi connectivity index (χ1) is 27.3. The molecule has 0 fully saturated rings. The van der Waals surface area contributed by atoms with Crippen LogP contribution in [0.3, 0.4) is 0 Å². The first-order valence-corrected chi connectivity index (χ1v) is 19.0. The highest BCUT2D eigenvalue weighted by atomic mass is 16.4. The molecule has 0 saturated carbocycles. The van der Waals surface area contributed by atoms with Crippen molar-refractivity contribution in [1.29, 1.82) is 0 Å². The zero-order valence-corrected chi connectivity index (χ0v) is 34.2. The summed E-state index contributed by atoms with van der Waals surface area (Å²) in [7, 11) is 0. The molecule has 0 aliphatic heterocycles. The Labute approximate surface area is 341 Å². The fourth-order valence-electron chi connectivity index (χ4n) is 5.38. The van der Waals surface area contributed by atoms with Crippen LogP contribution in [0.1, 0.15) is 86.5 Å². The molecule has 0 spiro atoms. The van der Waals surface area contributed by atoms with Crippen LogP contribution in [-0.4, -0.2) is 141 Å². The van der Waals surface area contributed by atoms with Crippen molar-refractivity contribution in [2.45, 2.75) is 141 Å². The Morgan fingerprint density at radius 1 is 0.559 bits per heavy atom. The van der Waals surface area contributed by atoms with Gasteiger partial charge in [-0.1, -0.05) is 27.7 Å². The zero-order valence-electron chi connectivity index (χ0n) is 34.2. The summed E-state index contributed by atoms with van der Waals surface area (Å²) in [6, 6.07) is -10.9. The average Bonchev–Trinajstić information content (AvgIpc) is 3.10. The lowest BCUT2D eigenvalue weighted by Crippen LogP contribution is -2.62. The monoisotopic (exact) mass is 845 g/mol. The molecule has 0 saturated heterocycles. The van der Waals surface area contributed by atoms with E-state index in [0.717, 1.165) is 13.8 Å². The third-order valence-electron chi connectivity index (χ3n) is 8.42. The Kier molecular flexibility index (Phi) is 23.9. The van der Waals surface area contributed by atoms with E-state index in [9.17, 15) is 63.6 Å². The van der Waals surface area contributed by atoms with E-state index in [1.54, 1.807) is 27.7 Å². The molecule has 0 aliphatic carbocycles. The molecule has 0 aromatic heterocycles. The average molecular weight is 846 g/mol. The van der Waals surface area contributed by atoms with E-state index < -0.39 is 127 Å². The number of carbonyl (C=O) groups is 9. The SMILES string of the molecule is CC(C)C[C@H](NC(=O)[C@@H](NC(=O)[C@H](CC(=O)O)NC(=O)[C@H](CC(C)C)NC(=O)[C@@H](N)CCCN=C(N)N)[C@@H](C)O)C(=O)N[C@@H](CCC(N)=O)C(=O)N[C@H](C(=O)O)[C@@H](C)O. The number of aliphatic hydroxyl groups excluding tert-OH is 2. The van der Waals surface area contributed by atoms with Gasteiger partial charge >= 0.3 is 11.9 Å². The fraction of sp³-hybridized carbons (Fsp3) is 0.714. The number of aliphatic imine (C=N–C) groups is 1. The summed E-state index contributed by atoms with van der Waals surface area (Å²) in [4.78, 5) is 119. The second kappa shape index (κ2) is 26.4. The van der Waals surface area contributed by atoms with Crippen LogP contribution in [-0.2, 0) is 43.2 Å². The van der Waals surface area contributed by atoms with Gasteiger partial charge in [0, 0.05) is 13.0 Å². The summed E-state index contributed by atoms with van der Waals surface area (Å²) in [5, 5.41) is 53.0. The maximum absolute atomic E-state index is 13.6. The van der Waals surface area contributed by atoms with Gasteiger partial charge in [-0.2, -0.15) is 0 Å². The first-order valence-electron chi connectivity index (χ1n) is 19.0. The molecule has 0 bridgehead atoms. The van der Waals surface area contributed by atoms with Crippen LogP contribution in [0.4, 0.5) is 0 Å². The molecule has 0 aliphatic rings. The van der Waals surface area contributed by atoms with Crippen molar-refractivity contribution in [3.63, 3.8) is 0 Å². The van der Waals surface area contributed by atoms with Gasteiger partial charge in [0.25, 0.3) is 0 Å². The van der Waals surface area contributed by atoms with Crippen molar-refractivity contribution >= 4 is 59.2 Å². The standard InChI is InChI=1S/C35H63N11O13/c1-15(2)12-21(42-28(52)19(36)8-7-11-40-35(38)39)31(55)43-23(14-25(50)51)32(56)45-26(17(5)47)33(57)44-22(13-16(3)4)30(54)41-20(9-10-24(37)49)29(53)46-27(18(6)48)34(58)59/h15-23,26-27,47-48H,7-14,36H2,1-6H3,(H2,37,49)(H,41,54)(H,42,52)(H,43,55)(H,44,57)(H,45,56)(H,46,53)(H,50,51)(H,58,59)(H4,38,39,40)/t17-,18-,19+,20+,21+,22+,23+,26+,27+/m1/s1. The molecule has 18 N–H and O–H groups in total. The van der Waals surface area contributed by atoms with E-state index >= 15 is 0 Å². The number of nitrogens with zero attached hydrogens (tertiary/aromatic N) is 1. The number of aliphatic carboxylic acids is 2. The Hall–Kier alpha value is -5.62. The van der Waals surface area contributed by atoms with Crippen molar-refractivity contribution in [3.05, 3.63) is 0 Å². The Morgan fingerprint density at radius 2 is 0.983 bits per heavy atom. The number of nitrogens with two attached hydrogens (primary N) is 4. The summed E-state index contributed by atoms with van der Waals surface area (Å²) in [6.45, 7) is 9.23. The minimum absolute atomic E-state index is 0.0451. The van der Waals surface area contributed by atoms with E-state index in [-0.39, 0.29) is 43.6 Å². The smallest absolute Gasteiger partial charge is 0.328 e. The minimum atomic E-state index is -1.85. The number of amides is 7. The van der Waals surface area contributed by atoms with Gasteiger partial charge in [-0.25, -0.2) is 4.79 Å². The number of nitrogens with one attached hydrogen (secondary N) is 6. The summed E-state index contributed by atoms with van der Waals surface area (Å²) in [5.74, 6) is -10.8. The van der Waals surface area contributed by atoms with Crippen LogP contribution in [0.2, 0.25) is 0 Å². The minimum Gasteiger partial charge on any atom is -0.481 e.